The molecule has 32 heavy (non-hydrogen) atoms. The van der Waals surface area contributed by atoms with E-state index in [1.165, 1.54) is 46.4 Å². The summed E-state index contributed by atoms with van der Waals surface area (Å²) in [5.74, 6) is 0.713. The number of benzene rings is 2. The number of carbonyl (C=O) groups is 1. The summed E-state index contributed by atoms with van der Waals surface area (Å²) in [5.41, 5.74) is 10.0. The molecule has 0 radical (unpaired) electrons. The third kappa shape index (κ3) is 3.55. The number of amides is 1. The summed E-state index contributed by atoms with van der Waals surface area (Å²) >= 11 is 0. The van der Waals surface area contributed by atoms with Gasteiger partial charge in [-0.25, -0.2) is 0 Å². The Morgan fingerprint density at radius 2 is 1.97 bits per heavy atom. The lowest BCUT2D eigenvalue weighted by atomic mass is 10.0. The van der Waals surface area contributed by atoms with Gasteiger partial charge in [0.05, 0.1) is 0 Å². The standard InChI is InChI=1S/C27H30N4O/c1-2-28-27(32)26-24-17-30(12-11-25(24)31(29-26)16-18-7-8-18)15-19-9-10-23-21(13-19)14-20-5-3-4-6-22(20)23/h3-6,9-10,13,18H,2,7-8,11-12,14-17H2,1H3,(H,28,32). The molecule has 5 nitrogen and oxygen atoms in total. The second-order valence-corrected chi connectivity index (χ2v) is 9.54. The molecule has 1 amide bonds. The molecule has 6 rings (SSSR count). The fourth-order valence-corrected chi connectivity index (χ4v) is 5.36. The molecule has 1 fully saturated rings. The van der Waals surface area contributed by atoms with Crippen LogP contribution in [-0.2, 0) is 32.5 Å². The Morgan fingerprint density at radius 1 is 1.12 bits per heavy atom. The van der Waals surface area contributed by atoms with Crippen LogP contribution < -0.4 is 5.32 Å². The van der Waals surface area contributed by atoms with Gasteiger partial charge in [-0.2, -0.15) is 5.10 Å². The van der Waals surface area contributed by atoms with E-state index in [4.69, 9.17) is 5.10 Å². The molecule has 1 aromatic heterocycles. The van der Waals surface area contributed by atoms with Crippen LogP contribution in [0.5, 0.6) is 0 Å². The van der Waals surface area contributed by atoms with Gasteiger partial charge in [-0.3, -0.25) is 14.4 Å². The first-order chi connectivity index (χ1) is 15.7. The highest BCUT2D eigenvalue weighted by Crippen LogP contribution is 2.37. The lowest BCUT2D eigenvalue weighted by Gasteiger charge is -2.28. The maximum absolute atomic E-state index is 12.7. The van der Waals surface area contributed by atoms with Gasteiger partial charge < -0.3 is 5.32 Å². The van der Waals surface area contributed by atoms with Gasteiger partial charge in [-0.05, 0) is 59.9 Å². The Labute approximate surface area is 189 Å². The Morgan fingerprint density at radius 3 is 2.81 bits per heavy atom. The zero-order chi connectivity index (χ0) is 21.7. The molecule has 3 aliphatic rings. The molecule has 1 N–H and O–H groups in total. The number of carbonyl (C=O) groups excluding carboxylic acids is 1. The van der Waals surface area contributed by atoms with Crippen LogP contribution in [0.15, 0.2) is 42.5 Å². The highest BCUT2D eigenvalue weighted by Gasteiger charge is 2.31. The van der Waals surface area contributed by atoms with Crippen molar-refractivity contribution >= 4 is 5.91 Å². The lowest BCUT2D eigenvalue weighted by molar-refractivity contribution is 0.0947. The van der Waals surface area contributed by atoms with Gasteiger partial charge in [0.1, 0.15) is 0 Å². The molecule has 1 saturated carbocycles. The Hall–Kier alpha value is -2.92. The minimum Gasteiger partial charge on any atom is -0.351 e. The third-order valence-corrected chi connectivity index (χ3v) is 7.16. The quantitative estimate of drug-likeness (QED) is 0.503. The molecule has 0 saturated heterocycles. The van der Waals surface area contributed by atoms with Crippen molar-refractivity contribution in [2.75, 3.05) is 13.1 Å². The molecule has 0 bridgehead atoms. The second-order valence-electron chi connectivity index (χ2n) is 9.54. The van der Waals surface area contributed by atoms with Gasteiger partial charge in [-0.15, -0.1) is 0 Å². The fraction of sp³-hybridized carbons (Fsp3) is 0.407. The molecule has 2 aromatic carbocycles. The van der Waals surface area contributed by atoms with E-state index in [2.05, 4.69) is 57.4 Å². The van der Waals surface area contributed by atoms with Crippen molar-refractivity contribution in [1.29, 1.82) is 0 Å². The van der Waals surface area contributed by atoms with E-state index in [0.717, 1.165) is 50.5 Å². The third-order valence-electron chi connectivity index (χ3n) is 7.16. The van der Waals surface area contributed by atoms with Crippen molar-refractivity contribution in [3.8, 4) is 11.1 Å². The summed E-state index contributed by atoms with van der Waals surface area (Å²) in [5, 5.41) is 7.74. The largest absolute Gasteiger partial charge is 0.351 e. The highest BCUT2D eigenvalue weighted by molar-refractivity contribution is 5.94. The first-order valence-corrected chi connectivity index (χ1v) is 12.0. The molecule has 0 atom stereocenters. The average molecular weight is 427 g/mol. The number of hydrogen-bond donors (Lipinski definition) is 1. The van der Waals surface area contributed by atoms with E-state index >= 15 is 0 Å². The Kier molecular flexibility index (Phi) is 4.87. The molecule has 3 aromatic rings. The van der Waals surface area contributed by atoms with E-state index < -0.39 is 0 Å². The highest BCUT2D eigenvalue weighted by atomic mass is 16.1. The maximum Gasteiger partial charge on any atom is 0.272 e. The number of nitrogens with one attached hydrogen (secondary N) is 1. The van der Waals surface area contributed by atoms with Crippen LogP contribution in [0.25, 0.3) is 11.1 Å². The maximum atomic E-state index is 12.7. The summed E-state index contributed by atoms with van der Waals surface area (Å²) in [6.45, 7) is 6.27. The van der Waals surface area contributed by atoms with E-state index in [0.29, 0.717) is 12.2 Å². The zero-order valence-electron chi connectivity index (χ0n) is 18.7. The van der Waals surface area contributed by atoms with Crippen molar-refractivity contribution in [2.45, 2.75) is 52.2 Å². The van der Waals surface area contributed by atoms with Crippen molar-refractivity contribution in [2.24, 2.45) is 5.92 Å². The summed E-state index contributed by atoms with van der Waals surface area (Å²) in [6, 6.07) is 15.7. The predicted octanol–water partition coefficient (Wildman–Crippen LogP) is 4.17. The van der Waals surface area contributed by atoms with Crippen LogP contribution in [0.4, 0.5) is 0 Å². The zero-order valence-corrected chi connectivity index (χ0v) is 18.7. The molecule has 164 valence electrons. The first kappa shape index (κ1) is 19.7. The lowest BCUT2D eigenvalue weighted by Crippen LogP contribution is -2.32. The smallest absolute Gasteiger partial charge is 0.272 e. The summed E-state index contributed by atoms with van der Waals surface area (Å²) in [7, 11) is 0. The van der Waals surface area contributed by atoms with Crippen LogP contribution >= 0.6 is 0 Å². The van der Waals surface area contributed by atoms with Crippen LogP contribution in [0.1, 0.15) is 58.2 Å². The Bertz CT molecular complexity index is 1190. The average Bonchev–Trinajstić information content (AvgIpc) is 3.44. The molecule has 5 heteroatoms. The Balaban J connectivity index is 1.23. The van der Waals surface area contributed by atoms with E-state index in [-0.39, 0.29) is 5.91 Å². The molecule has 2 heterocycles. The van der Waals surface area contributed by atoms with Gasteiger partial charge in [0.25, 0.3) is 5.91 Å². The summed E-state index contributed by atoms with van der Waals surface area (Å²) in [6.07, 6.45) is 4.57. The van der Waals surface area contributed by atoms with E-state index in [1.807, 2.05) is 6.92 Å². The number of aromatic nitrogens is 2. The predicted molar refractivity (Wildman–Crippen MR) is 125 cm³/mol. The van der Waals surface area contributed by atoms with Gasteiger partial charge in [0.15, 0.2) is 5.69 Å². The number of rotatable bonds is 6. The van der Waals surface area contributed by atoms with Gasteiger partial charge >= 0.3 is 0 Å². The van der Waals surface area contributed by atoms with Gasteiger partial charge in [0, 0.05) is 50.4 Å². The topological polar surface area (TPSA) is 50.2 Å². The van der Waals surface area contributed by atoms with Crippen LogP contribution in [-0.4, -0.2) is 33.7 Å². The number of fused-ring (bicyclic) bond motifs is 4. The fourth-order valence-electron chi connectivity index (χ4n) is 5.36. The van der Waals surface area contributed by atoms with E-state index in [1.54, 1.807) is 0 Å². The first-order valence-electron chi connectivity index (χ1n) is 12.0. The van der Waals surface area contributed by atoms with Crippen molar-refractivity contribution in [1.82, 2.24) is 20.0 Å². The summed E-state index contributed by atoms with van der Waals surface area (Å²) in [4.78, 5) is 15.2. The van der Waals surface area contributed by atoms with Gasteiger partial charge in [-0.1, -0.05) is 42.5 Å². The molecule has 0 spiro atoms. The normalized spacial score (nSPS) is 17.0. The van der Waals surface area contributed by atoms with Crippen molar-refractivity contribution in [3.63, 3.8) is 0 Å². The second kappa shape index (κ2) is 7.89. The SMILES string of the molecule is CCNC(=O)c1nn(CC2CC2)c2c1CN(Cc1ccc3c(c1)Cc1ccccc1-3)CC2. The monoisotopic (exact) mass is 426 g/mol. The van der Waals surface area contributed by atoms with Crippen molar-refractivity contribution < 1.29 is 4.79 Å². The van der Waals surface area contributed by atoms with Crippen LogP contribution in [0.3, 0.4) is 0 Å². The molecular weight excluding hydrogens is 396 g/mol. The molecule has 0 unspecified atom stereocenters. The number of nitrogens with zero attached hydrogens (tertiary/aromatic N) is 3. The van der Waals surface area contributed by atoms with Crippen LogP contribution in [0.2, 0.25) is 0 Å². The minimum absolute atomic E-state index is 0.0320. The minimum atomic E-state index is -0.0320. The molecule has 2 aliphatic carbocycles. The van der Waals surface area contributed by atoms with Crippen LogP contribution in [0, 0.1) is 5.92 Å². The van der Waals surface area contributed by atoms with Crippen molar-refractivity contribution in [3.05, 3.63) is 76.1 Å². The number of hydrogen-bond acceptors (Lipinski definition) is 3. The molecule has 1 aliphatic heterocycles. The van der Waals surface area contributed by atoms with E-state index in [9.17, 15) is 4.79 Å². The summed E-state index contributed by atoms with van der Waals surface area (Å²) < 4.78 is 2.14. The van der Waals surface area contributed by atoms with Gasteiger partial charge in [0.2, 0.25) is 0 Å². The molecular formula is C27H30N4O.